The molecule has 0 spiro atoms. The van der Waals surface area contributed by atoms with E-state index in [1.807, 2.05) is 24.3 Å². The van der Waals surface area contributed by atoms with E-state index in [1.165, 1.54) is 37.4 Å². The molecule has 0 heterocycles. The molecule has 1 aromatic rings. The van der Waals surface area contributed by atoms with Crippen molar-refractivity contribution in [3.8, 4) is 0 Å². The van der Waals surface area contributed by atoms with Crippen LogP contribution in [-0.2, 0) is 4.79 Å². The molecule has 2 fully saturated rings. The van der Waals surface area contributed by atoms with Crippen LogP contribution in [0.15, 0.2) is 29.2 Å². The Labute approximate surface area is 162 Å². The van der Waals surface area contributed by atoms with Crippen molar-refractivity contribution in [1.82, 2.24) is 0 Å². The summed E-state index contributed by atoms with van der Waals surface area (Å²) in [5, 5.41) is 12.3. The number of anilines is 1. The molecular weight excluding hydrogens is 340 g/mol. The summed E-state index contributed by atoms with van der Waals surface area (Å²) >= 11 is 1.37. The molecule has 2 aliphatic carbocycles. The topological polar surface area (TPSA) is 53.0 Å². The van der Waals surface area contributed by atoms with Gasteiger partial charge in [0.05, 0.1) is 5.69 Å². The Morgan fingerprint density at radius 2 is 1.46 bits per heavy atom. The number of hydrogen-bond acceptors (Lipinski definition) is 3. The highest BCUT2D eigenvalue weighted by molar-refractivity contribution is 8.13. The molecule has 3 nitrogen and oxygen atoms in total. The molecule has 4 heteroatoms. The Bertz CT molecular complexity index is 601. The normalized spacial score (nSPS) is 21.8. The number of carbonyl (C=O) groups excluding carboxylic acids is 1. The van der Waals surface area contributed by atoms with Gasteiger partial charge in [0.1, 0.15) is 5.84 Å². The lowest BCUT2D eigenvalue weighted by molar-refractivity contribution is -0.120. The molecule has 0 bridgehead atoms. The molecule has 142 valence electrons. The van der Waals surface area contributed by atoms with Crippen LogP contribution in [-0.4, -0.2) is 11.0 Å². The molecule has 0 amide bonds. The monoisotopic (exact) mass is 372 g/mol. The summed E-state index contributed by atoms with van der Waals surface area (Å²) in [7, 11) is 0. The Morgan fingerprint density at radius 3 is 2.08 bits per heavy atom. The number of para-hydroxylation sites is 1. The highest BCUT2D eigenvalue weighted by Gasteiger charge is 2.36. The Hall–Kier alpha value is -1.29. The second kappa shape index (κ2) is 8.16. The minimum atomic E-state index is -0.196. The summed E-state index contributed by atoms with van der Waals surface area (Å²) < 4.78 is 0. The van der Waals surface area contributed by atoms with E-state index in [0.29, 0.717) is 5.84 Å². The van der Waals surface area contributed by atoms with E-state index in [0.717, 1.165) is 49.1 Å². The summed E-state index contributed by atoms with van der Waals surface area (Å²) in [6, 6.07) is 7.97. The van der Waals surface area contributed by atoms with Crippen LogP contribution in [0, 0.1) is 16.2 Å². The highest BCUT2D eigenvalue weighted by Crippen LogP contribution is 2.43. The predicted molar refractivity (Wildman–Crippen MR) is 111 cm³/mol. The maximum absolute atomic E-state index is 13.0. The molecule has 0 unspecified atom stereocenters. The largest absolute Gasteiger partial charge is 0.343 e. The quantitative estimate of drug-likeness (QED) is 0.354. The lowest BCUT2D eigenvalue weighted by Gasteiger charge is -2.35. The standard InChI is InChI=1S/C22H32N2OS/c1-21(13-7-3-8-14-21)19(23)24-17-11-5-6-12-18(17)26-20(25)22(2)15-9-4-10-16-22/h5-6,11-12H,3-4,7-10,13-16H2,1-2H3,(H2,23,24). The zero-order valence-corrected chi connectivity index (χ0v) is 17.0. The number of carbonyl (C=O) groups is 1. The van der Waals surface area contributed by atoms with Gasteiger partial charge in [0.25, 0.3) is 0 Å². The molecular formula is C22H32N2OS. The van der Waals surface area contributed by atoms with E-state index in [2.05, 4.69) is 19.2 Å². The summed E-state index contributed by atoms with van der Waals surface area (Å²) in [5.74, 6) is 0.599. The zero-order chi connectivity index (χ0) is 18.6. The minimum absolute atomic E-state index is 0.0601. The lowest BCUT2D eigenvalue weighted by Crippen LogP contribution is -2.35. The van der Waals surface area contributed by atoms with Gasteiger partial charge in [0.15, 0.2) is 5.12 Å². The average molecular weight is 373 g/mol. The first kappa shape index (κ1) is 19.5. The molecule has 2 saturated carbocycles. The van der Waals surface area contributed by atoms with Gasteiger partial charge in [0, 0.05) is 15.7 Å². The average Bonchev–Trinajstić information content (AvgIpc) is 2.64. The Morgan fingerprint density at radius 1 is 0.923 bits per heavy atom. The molecule has 0 atom stereocenters. The van der Waals surface area contributed by atoms with Gasteiger partial charge in [-0.2, -0.15) is 0 Å². The molecule has 2 aliphatic rings. The molecule has 3 rings (SSSR count). The van der Waals surface area contributed by atoms with Crippen LogP contribution in [0.5, 0.6) is 0 Å². The summed E-state index contributed by atoms with van der Waals surface area (Å²) in [4.78, 5) is 13.9. The van der Waals surface area contributed by atoms with Crippen molar-refractivity contribution in [3.05, 3.63) is 24.3 Å². The number of hydrogen-bond donors (Lipinski definition) is 2. The van der Waals surface area contributed by atoms with Gasteiger partial charge < -0.3 is 5.32 Å². The van der Waals surface area contributed by atoms with Gasteiger partial charge in [-0.15, -0.1) is 0 Å². The van der Waals surface area contributed by atoms with Gasteiger partial charge in [-0.3, -0.25) is 10.2 Å². The number of thioether (sulfide) groups is 1. The molecule has 26 heavy (non-hydrogen) atoms. The fourth-order valence-electron chi connectivity index (χ4n) is 4.29. The summed E-state index contributed by atoms with van der Waals surface area (Å²) in [6.45, 7) is 4.33. The Kier molecular flexibility index (Phi) is 6.11. The van der Waals surface area contributed by atoms with E-state index in [4.69, 9.17) is 5.41 Å². The fourth-order valence-corrected chi connectivity index (χ4v) is 5.31. The fraction of sp³-hybridized carbons (Fsp3) is 0.636. The second-order valence-corrected chi connectivity index (χ2v) is 9.64. The van der Waals surface area contributed by atoms with Crippen LogP contribution < -0.4 is 5.32 Å². The number of benzene rings is 1. The molecule has 1 aromatic carbocycles. The van der Waals surface area contributed by atoms with Crippen molar-refractivity contribution < 1.29 is 4.79 Å². The van der Waals surface area contributed by atoms with Crippen molar-refractivity contribution in [2.24, 2.45) is 10.8 Å². The van der Waals surface area contributed by atoms with Crippen LogP contribution >= 0.6 is 11.8 Å². The maximum atomic E-state index is 13.0. The van der Waals surface area contributed by atoms with Crippen molar-refractivity contribution in [3.63, 3.8) is 0 Å². The van der Waals surface area contributed by atoms with E-state index < -0.39 is 0 Å². The third-order valence-electron chi connectivity index (χ3n) is 6.36. The first-order valence-corrected chi connectivity index (χ1v) is 10.9. The van der Waals surface area contributed by atoms with E-state index in [-0.39, 0.29) is 15.9 Å². The van der Waals surface area contributed by atoms with Gasteiger partial charge in [-0.05, 0) is 49.6 Å². The first-order valence-electron chi connectivity index (χ1n) is 10.1. The smallest absolute Gasteiger partial charge is 0.199 e. The van der Waals surface area contributed by atoms with Crippen LogP contribution in [0.25, 0.3) is 0 Å². The van der Waals surface area contributed by atoms with E-state index >= 15 is 0 Å². The van der Waals surface area contributed by atoms with Crippen LogP contribution in [0.4, 0.5) is 5.69 Å². The van der Waals surface area contributed by atoms with Gasteiger partial charge >= 0.3 is 0 Å². The van der Waals surface area contributed by atoms with Crippen molar-refractivity contribution in [2.45, 2.75) is 83.0 Å². The van der Waals surface area contributed by atoms with Crippen molar-refractivity contribution >= 4 is 28.4 Å². The lowest BCUT2D eigenvalue weighted by atomic mass is 9.74. The van der Waals surface area contributed by atoms with E-state index in [9.17, 15) is 4.79 Å². The zero-order valence-electron chi connectivity index (χ0n) is 16.2. The molecule has 0 radical (unpaired) electrons. The first-order chi connectivity index (χ1) is 12.4. The van der Waals surface area contributed by atoms with Crippen LogP contribution in [0.1, 0.15) is 78.1 Å². The summed E-state index contributed by atoms with van der Waals surface area (Å²) in [5.41, 5.74) is 0.649. The van der Waals surface area contributed by atoms with Crippen molar-refractivity contribution in [1.29, 1.82) is 5.41 Å². The highest BCUT2D eigenvalue weighted by atomic mass is 32.2. The predicted octanol–water partition coefficient (Wildman–Crippen LogP) is 6.64. The third kappa shape index (κ3) is 4.33. The number of amidine groups is 1. The molecule has 0 aliphatic heterocycles. The van der Waals surface area contributed by atoms with E-state index in [1.54, 1.807) is 0 Å². The van der Waals surface area contributed by atoms with Gasteiger partial charge in [0.2, 0.25) is 0 Å². The van der Waals surface area contributed by atoms with Gasteiger partial charge in [-0.25, -0.2) is 0 Å². The van der Waals surface area contributed by atoms with Gasteiger partial charge in [-0.1, -0.05) is 64.5 Å². The molecule has 0 saturated heterocycles. The van der Waals surface area contributed by atoms with Crippen LogP contribution in [0.2, 0.25) is 0 Å². The summed E-state index contributed by atoms with van der Waals surface area (Å²) in [6.07, 6.45) is 11.4. The molecule has 0 aromatic heterocycles. The second-order valence-electron chi connectivity index (χ2n) is 8.63. The SMILES string of the molecule is CC1(C(=N)Nc2ccccc2SC(=O)C2(C)CCCCC2)CCCCC1. The van der Waals surface area contributed by atoms with Crippen molar-refractivity contribution in [2.75, 3.05) is 5.32 Å². The maximum Gasteiger partial charge on any atom is 0.199 e. The van der Waals surface area contributed by atoms with Crippen LogP contribution in [0.3, 0.4) is 0 Å². The number of nitrogens with one attached hydrogen (secondary N) is 2. The number of rotatable bonds is 4. The molecule has 2 N–H and O–H groups in total. The Balaban J connectivity index is 1.72. The third-order valence-corrected chi connectivity index (χ3v) is 7.61. The minimum Gasteiger partial charge on any atom is -0.343 e.